The lowest BCUT2D eigenvalue weighted by atomic mass is 10.1. The Morgan fingerprint density at radius 3 is 2.50 bits per heavy atom. The van der Waals surface area contributed by atoms with Crippen LogP contribution in [0, 0.1) is 0 Å². The Labute approximate surface area is 120 Å². The molecule has 0 aliphatic rings. The molecule has 0 aliphatic heterocycles. The molecule has 0 atom stereocenters. The summed E-state index contributed by atoms with van der Waals surface area (Å²) in [5.41, 5.74) is 7.97. The van der Waals surface area contributed by atoms with Crippen molar-refractivity contribution < 1.29 is 4.74 Å². The van der Waals surface area contributed by atoms with Crippen molar-refractivity contribution in [2.75, 3.05) is 18.6 Å². The zero-order chi connectivity index (χ0) is 14.4. The maximum Gasteiger partial charge on any atom is 0.171 e. The van der Waals surface area contributed by atoms with Crippen LogP contribution >= 0.6 is 0 Å². The molecular weight excluding hydrogens is 250 g/mol. The molecular formula is C16H21N3O. The molecule has 0 fully saturated rings. The van der Waals surface area contributed by atoms with Crippen LogP contribution in [-0.4, -0.2) is 18.6 Å². The summed E-state index contributed by atoms with van der Waals surface area (Å²) < 4.78 is 5.61. The SMILES string of the molecule is CCOc1cccnc1N(C)Cc1ccc(CN)cc1. The number of pyridine rings is 1. The van der Waals surface area contributed by atoms with Crippen LogP contribution in [0.3, 0.4) is 0 Å². The summed E-state index contributed by atoms with van der Waals surface area (Å²) in [4.78, 5) is 6.49. The number of hydrogen-bond donors (Lipinski definition) is 1. The molecule has 0 spiro atoms. The number of hydrogen-bond acceptors (Lipinski definition) is 4. The summed E-state index contributed by atoms with van der Waals surface area (Å²) in [5, 5.41) is 0. The van der Waals surface area contributed by atoms with E-state index in [-0.39, 0.29) is 0 Å². The second-order valence-corrected chi connectivity index (χ2v) is 4.63. The van der Waals surface area contributed by atoms with Gasteiger partial charge in [0.25, 0.3) is 0 Å². The third kappa shape index (κ3) is 3.48. The second kappa shape index (κ2) is 6.91. The average Bonchev–Trinajstić information content (AvgIpc) is 2.49. The topological polar surface area (TPSA) is 51.4 Å². The van der Waals surface area contributed by atoms with Crippen LogP contribution in [0.1, 0.15) is 18.1 Å². The fourth-order valence-electron chi connectivity index (χ4n) is 2.07. The summed E-state index contributed by atoms with van der Waals surface area (Å²) in [6.45, 7) is 3.97. The highest BCUT2D eigenvalue weighted by atomic mass is 16.5. The van der Waals surface area contributed by atoms with E-state index in [1.54, 1.807) is 6.20 Å². The van der Waals surface area contributed by atoms with Gasteiger partial charge in [-0.15, -0.1) is 0 Å². The molecule has 106 valence electrons. The van der Waals surface area contributed by atoms with Crippen LogP contribution in [0.15, 0.2) is 42.6 Å². The molecule has 20 heavy (non-hydrogen) atoms. The maximum atomic E-state index is 5.61. The van der Waals surface area contributed by atoms with Crippen LogP contribution in [-0.2, 0) is 13.1 Å². The average molecular weight is 271 g/mol. The van der Waals surface area contributed by atoms with Gasteiger partial charge in [-0.05, 0) is 30.2 Å². The van der Waals surface area contributed by atoms with Gasteiger partial charge in [0.1, 0.15) is 0 Å². The van der Waals surface area contributed by atoms with Crippen molar-refractivity contribution in [3.05, 3.63) is 53.7 Å². The van der Waals surface area contributed by atoms with Crippen molar-refractivity contribution in [3.8, 4) is 5.75 Å². The quantitative estimate of drug-likeness (QED) is 0.877. The minimum Gasteiger partial charge on any atom is -0.490 e. The third-order valence-electron chi connectivity index (χ3n) is 3.09. The van der Waals surface area contributed by atoms with Gasteiger partial charge in [0.2, 0.25) is 0 Å². The molecule has 0 radical (unpaired) electrons. The first kappa shape index (κ1) is 14.3. The Morgan fingerprint density at radius 1 is 1.15 bits per heavy atom. The van der Waals surface area contributed by atoms with Crippen LogP contribution < -0.4 is 15.4 Å². The molecule has 0 saturated heterocycles. The predicted octanol–water partition coefficient (Wildman–Crippen LogP) is 2.58. The molecule has 0 saturated carbocycles. The number of nitrogens with zero attached hydrogens (tertiary/aromatic N) is 2. The molecule has 1 aromatic heterocycles. The Morgan fingerprint density at radius 2 is 1.85 bits per heavy atom. The zero-order valence-corrected chi connectivity index (χ0v) is 12.0. The molecule has 2 aromatic rings. The van der Waals surface area contributed by atoms with Crippen molar-refractivity contribution in [3.63, 3.8) is 0 Å². The van der Waals surface area contributed by atoms with Gasteiger partial charge in [0.15, 0.2) is 11.6 Å². The predicted molar refractivity (Wildman–Crippen MR) is 81.8 cm³/mol. The van der Waals surface area contributed by atoms with Gasteiger partial charge in [0.05, 0.1) is 6.61 Å². The smallest absolute Gasteiger partial charge is 0.171 e. The van der Waals surface area contributed by atoms with E-state index in [0.29, 0.717) is 13.2 Å². The fraction of sp³-hybridized carbons (Fsp3) is 0.312. The molecule has 2 rings (SSSR count). The molecule has 4 heteroatoms. The summed E-state index contributed by atoms with van der Waals surface area (Å²) in [6, 6.07) is 12.2. The number of anilines is 1. The first-order chi connectivity index (χ1) is 9.74. The Balaban J connectivity index is 2.12. The first-order valence-electron chi connectivity index (χ1n) is 6.81. The molecule has 0 bridgehead atoms. The van der Waals surface area contributed by atoms with E-state index in [0.717, 1.165) is 23.7 Å². The molecule has 0 aliphatic carbocycles. The van der Waals surface area contributed by atoms with Gasteiger partial charge in [-0.3, -0.25) is 0 Å². The molecule has 2 N–H and O–H groups in total. The second-order valence-electron chi connectivity index (χ2n) is 4.63. The minimum absolute atomic E-state index is 0.574. The standard InChI is InChI=1S/C16H21N3O/c1-3-20-15-5-4-10-18-16(15)19(2)12-14-8-6-13(11-17)7-9-14/h4-10H,3,11-12,17H2,1-2H3. The van der Waals surface area contributed by atoms with E-state index in [2.05, 4.69) is 34.1 Å². The van der Waals surface area contributed by atoms with Crippen molar-refractivity contribution in [1.82, 2.24) is 4.98 Å². The summed E-state index contributed by atoms with van der Waals surface area (Å²) in [5.74, 6) is 1.67. The Hall–Kier alpha value is -2.07. The largest absolute Gasteiger partial charge is 0.490 e. The minimum atomic E-state index is 0.574. The fourth-order valence-corrected chi connectivity index (χ4v) is 2.07. The monoisotopic (exact) mass is 271 g/mol. The van der Waals surface area contributed by atoms with Crippen LogP contribution in [0.5, 0.6) is 5.75 Å². The Kier molecular flexibility index (Phi) is 4.96. The van der Waals surface area contributed by atoms with Gasteiger partial charge >= 0.3 is 0 Å². The number of ether oxygens (including phenoxy) is 1. The van der Waals surface area contributed by atoms with E-state index < -0.39 is 0 Å². The van der Waals surface area contributed by atoms with E-state index in [4.69, 9.17) is 10.5 Å². The van der Waals surface area contributed by atoms with Gasteiger partial charge in [-0.25, -0.2) is 4.98 Å². The summed E-state index contributed by atoms with van der Waals surface area (Å²) in [7, 11) is 2.02. The lowest BCUT2D eigenvalue weighted by molar-refractivity contribution is 0.339. The lowest BCUT2D eigenvalue weighted by Crippen LogP contribution is -2.18. The van der Waals surface area contributed by atoms with E-state index in [9.17, 15) is 0 Å². The number of aromatic nitrogens is 1. The highest BCUT2D eigenvalue weighted by molar-refractivity contribution is 5.51. The van der Waals surface area contributed by atoms with Gasteiger partial charge in [0, 0.05) is 26.3 Å². The molecule has 1 heterocycles. The van der Waals surface area contributed by atoms with Crippen molar-refractivity contribution in [2.24, 2.45) is 5.73 Å². The summed E-state index contributed by atoms with van der Waals surface area (Å²) >= 11 is 0. The number of nitrogens with two attached hydrogens (primary N) is 1. The normalized spacial score (nSPS) is 10.3. The molecule has 0 amide bonds. The van der Waals surface area contributed by atoms with E-state index in [1.165, 1.54) is 5.56 Å². The maximum absolute atomic E-state index is 5.61. The van der Waals surface area contributed by atoms with Gasteiger partial charge in [-0.1, -0.05) is 24.3 Å². The Bertz CT molecular complexity index is 540. The molecule has 0 unspecified atom stereocenters. The van der Waals surface area contributed by atoms with Crippen LogP contribution in [0.2, 0.25) is 0 Å². The summed E-state index contributed by atoms with van der Waals surface area (Å²) in [6.07, 6.45) is 1.78. The number of benzene rings is 1. The first-order valence-corrected chi connectivity index (χ1v) is 6.81. The van der Waals surface area contributed by atoms with Crippen LogP contribution in [0.4, 0.5) is 5.82 Å². The molecule has 1 aromatic carbocycles. The third-order valence-corrected chi connectivity index (χ3v) is 3.09. The van der Waals surface area contributed by atoms with Crippen LogP contribution in [0.25, 0.3) is 0 Å². The number of rotatable bonds is 6. The van der Waals surface area contributed by atoms with E-state index >= 15 is 0 Å². The highest BCUT2D eigenvalue weighted by Gasteiger charge is 2.09. The van der Waals surface area contributed by atoms with Crippen molar-refractivity contribution in [1.29, 1.82) is 0 Å². The van der Waals surface area contributed by atoms with E-state index in [1.807, 2.05) is 26.1 Å². The zero-order valence-electron chi connectivity index (χ0n) is 12.0. The van der Waals surface area contributed by atoms with Crippen molar-refractivity contribution >= 4 is 5.82 Å². The van der Waals surface area contributed by atoms with Crippen molar-refractivity contribution in [2.45, 2.75) is 20.0 Å². The highest BCUT2D eigenvalue weighted by Crippen LogP contribution is 2.25. The lowest BCUT2D eigenvalue weighted by Gasteiger charge is -2.21. The van der Waals surface area contributed by atoms with Gasteiger partial charge in [-0.2, -0.15) is 0 Å². The van der Waals surface area contributed by atoms with Gasteiger partial charge < -0.3 is 15.4 Å². The molecule has 4 nitrogen and oxygen atoms in total.